The largest absolute Gasteiger partial charge is 0.106 e. The van der Waals surface area contributed by atoms with Gasteiger partial charge in [-0.1, -0.05) is 44.5 Å². The van der Waals surface area contributed by atoms with Crippen LogP contribution in [0.1, 0.15) is 32.8 Å². The molecule has 0 fully saturated rings. The normalized spacial score (nSPS) is 11.8. The lowest BCUT2D eigenvalue weighted by Crippen LogP contribution is -2.07. The van der Waals surface area contributed by atoms with Crippen LogP contribution < -0.4 is 5.30 Å². The molecule has 0 saturated carbocycles. The highest BCUT2D eigenvalue weighted by Crippen LogP contribution is 2.24. The van der Waals surface area contributed by atoms with Gasteiger partial charge in [-0.3, -0.25) is 0 Å². The molecule has 0 aromatic heterocycles. The number of benzene rings is 1. The molecule has 0 bridgehead atoms. The Morgan fingerprint density at radius 3 is 2.43 bits per heavy atom. The number of aryl methyl sites for hydroxylation is 1. The first-order valence-electron chi connectivity index (χ1n) is 4.92. The first-order valence-corrected chi connectivity index (χ1v) is 5.88. The predicted molar refractivity (Wildman–Crippen MR) is 68.6 cm³/mol. The number of hydrogen-bond acceptors (Lipinski definition) is 0. The van der Waals surface area contributed by atoms with Crippen LogP contribution in [0.4, 0.5) is 0 Å². The van der Waals surface area contributed by atoms with E-state index in [-0.39, 0.29) is 0 Å². The molecule has 0 aliphatic heterocycles. The molecule has 1 rings (SSSR count). The zero-order valence-corrected chi connectivity index (χ0v) is 11.0. The fourth-order valence-electron chi connectivity index (χ4n) is 1.28. The highest BCUT2D eigenvalue weighted by atomic mass is 35.5. The van der Waals surface area contributed by atoms with Crippen LogP contribution in [-0.2, 0) is 6.42 Å². The Morgan fingerprint density at radius 1 is 1.29 bits per heavy atom. The molecule has 0 heterocycles. The molecule has 0 aliphatic rings. The lowest BCUT2D eigenvalue weighted by atomic mass is 9.89. The molecule has 1 aromatic rings. The predicted octanol–water partition coefficient (Wildman–Crippen LogP) is 3.82. The van der Waals surface area contributed by atoms with Gasteiger partial charge in [0.1, 0.15) is 0 Å². The van der Waals surface area contributed by atoms with Gasteiger partial charge < -0.3 is 0 Å². The average Bonchev–Trinajstić information content (AvgIpc) is 2.00. The van der Waals surface area contributed by atoms with E-state index in [1.807, 2.05) is 6.07 Å². The summed E-state index contributed by atoms with van der Waals surface area (Å²) in [6.45, 7) is 6.76. The SMILES string of the molecule is CC(C)(C)CCc1ccc(P)cc1Cl. The summed E-state index contributed by atoms with van der Waals surface area (Å²) in [5.74, 6) is 0. The van der Waals surface area contributed by atoms with Gasteiger partial charge in [0.15, 0.2) is 0 Å². The molecule has 78 valence electrons. The Hall–Kier alpha value is -0.0600. The van der Waals surface area contributed by atoms with E-state index in [9.17, 15) is 0 Å². The molecular weight excluding hydrogens is 211 g/mol. The molecule has 0 amide bonds. The maximum atomic E-state index is 6.15. The Kier molecular flexibility index (Phi) is 3.98. The van der Waals surface area contributed by atoms with Gasteiger partial charge in [-0.2, -0.15) is 0 Å². The Labute approximate surface area is 94.3 Å². The van der Waals surface area contributed by atoms with Crippen molar-refractivity contribution < 1.29 is 0 Å². The lowest BCUT2D eigenvalue weighted by Gasteiger charge is -2.18. The van der Waals surface area contributed by atoms with E-state index in [0.717, 1.165) is 16.7 Å². The van der Waals surface area contributed by atoms with E-state index in [2.05, 4.69) is 42.1 Å². The smallest absolute Gasteiger partial charge is 0.0444 e. The zero-order valence-electron chi connectivity index (χ0n) is 9.10. The third-order valence-corrected chi connectivity index (χ3v) is 2.93. The van der Waals surface area contributed by atoms with Crippen molar-refractivity contribution in [2.24, 2.45) is 5.41 Å². The molecule has 1 unspecified atom stereocenters. The van der Waals surface area contributed by atoms with Crippen molar-refractivity contribution in [3.05, 3.63) is 28.8 Å². The van der Waals surface area contributed by atoms with Crippen LogP contribution in [0.2, 0.25) is 5.02 Å². The first-order chi connectivity index (χ1) is 6.38. The number of halogens is 1. The topological polar surface area (TPSA) is 0 Å². The summed E-state index contributed by atoms with van der Waals surface area (Å²) in [4.78, 5) is 0. The molecule has 1 atom stereocenters. The van der Waals surface area contributed by atoms with Crippen LogP contribution in [0.3, 0.4) is 0 Å². The van der Waals surface area contributed by atoms with Crippen molar-refractivity contribution in [3.8, 4) is 0 Å². The molecule has 0 spiro atoms. The molecule has 14 heavy (non-hydrogen) atoms. The van der Waals surface area contributed by atoms with Crippen molar-refractivity contribution >= 4 is 26.1 Å². The first kappa shape index (κ1) is 12.0. The quantitative estimate of drug-likeness (QED) is 0.675. The summed E-state index contributed by atoms with van der Waals surface area (Å²) in [6.07, 6.45) is 2.23. The molecule has 0 saturated heterocycles. The monoisotopic (exact) mass is 228 g/mol. The minimum Gasteiger partial charge on any atom is -0.106 e. The highest BCUT2D eigenvalue weighted by Gasteiger charge is 2.11. The van der Waals surface area contributed by atoms with Crippen LogP contribution >= 0.6 is 20.8 Å². The van der Waals surface area contributed by atoms with Gasteiger partial charge in [0.2, 0.25) is 0 Å². The third kappa shape index (κ3) is 3.98. The van der Waals surface area contributed by atoms with Crippen LogP contribution in [0.5, 0.6) is 0 Å². The Bertz CT molecular complexity index is 313. The summed E-state index contributed by atoms with van der Waals surface area (Å²) >= 11 is 6.15. The molecular formula is C12H18ClP. The van der Waals surface area contributed by atoms with E-state index < -0.39 is 0 Å². The van der Waals surface area contributed by atoms with Gasteiger partial charge in [0.05, 0.1) is 0 Å². The molecule has 1 aromatic carbocycles. The highest BCUT2D eigenvalue weighted by molar-refractivity contribution is 7.27. The fraction of sp³-hybridized carbons (Fsp3) is 0.500. The van der Waals surface area contributed by atoms with Gasteiger partial charge in [-0.25, -0.2) is 0 Å². The fourth-order valence-corrected chi connectivity index (χ4v) is 1.93. The van der Waals surface area contributed by atoms with E-state index in [0.29, 0.717) is 5.41 Å². The van der Waals surface area contributed by atoms with Crippen molar-refractivity contribution in [2.45, 2.75) is 33.6 Å². The van der Waals surface area contributed by atoms with E-state index in [1.54, 1.807) is 0 Å². The minimum atomic E-state index is 0.378. The average molecular weight is 229 g/mol. The Morgan fingerprint density at radius 2 is 1.93 bits per heavy atom. The lowest BCUT2D eigenvalue weighted by molar-refractivity contribution is 0.378. The summed E-state index contributed by atoms with van der Waals surface area (Å²) in [5.41, 5.74) is 1.64. The maximum absolute atomic E-state index is 6.15. The maximum Gasteiger partial charge on any atom is 0.0444 e. The van der Waals surface area contributed by atoms with Gasteiger partial charge in [0, 0.05) is 5.02 Å². The van der Waals surface area contributed by atoms with Gasteiger partial charge >= 0.3 is 0 Å². The molecule has 0 aliphatic carbocycles. The van der Waals surface area contributed by atoms with Gasteiger partial charge in [-0.15, -0.1) is 9.24 Å². The minimum absolute atomic E-state index is 0.378. The van der Waals surface area contributed by atoms with Gasteiger partial charge in [-0.05, 0) is 35.2 Å². The van der Waals surface area contributed by atoms with Crippen LogP contribution in [-0.4, -0.2) is 0 Å². The zero-order chi connectivity index (χ0) is 10.8. The molecule has 0 radical (unpaired) electrons. The van der Waals surface area contributed by atoms with Crippen LogP contribution in [0.15, 0.2) is 18.2 Å². The van der Waals surface area contributed by atoms with Crippen LogP contribution in [0, 0.1) is 5.41 Å². The van der Waals surface area contributed by atoms with Crippen molar-refractivity contribution in [1.29, 1.82) is 0 Å². The van der Waals surface area contributed by atoms with E-state index in [1.165, 1.54) is 12.0 Å². The standard InChI is InChI=1S/C12H18ClP/c1-12(2,3)7-6-9-4-5-10(14)8-11(9)13/h4-5,8H,6-7,14H2,1-3H3. The van der Waals surface area contributed by atoms with Crippen molar-refractivity contribution in [2.75, 3.05) is 0 Å². The molecule has 0 nitrogen and oxygen atoms in total. The second kappa shape index (κ2) is 4.64. The Balaban J connectivity index is 2.68. The number of rotatable bonds is 2. The van der Waals surface area contributed by atoms with Crippen molar-refractivity contribution in [1.82, 2.24) is 0 Å². The third-order valence-electron chi connectivity index (χ3n) is 2.22. The van der Waals surface area contributed by atoms with E-state index >= 15 is 0 Å². The molecule has 2 heteroatoms. The van der Waals surface area contributed by atoms with Gasteiger partial charge in [0.25, 0.3) is 0 Å². The summed E-state index contributed by atoms with van der Waals surface area (Å²) < 4.78 is 0. The second-order valence-corrected chi connectivity index (χ2v) is 5.99. The summed E-state index contributed by atoms with van der Waals surface area (Å²) in [6, 6.07) is 6.22. The second-order valence-electron chi connectivity index (χ2n) is 4.91. The number of hydrogen-bond donors (Lipinski definition) is 0. The van der Waals surface area contributed by atoms with Crippen molar-refractivity contribution in [3.63, 3.8) is 0 Å². The summed E-state index contributed by atoms with van der Waals surface area (Å²) in [7, 11) is 2.66. The van der Waals surface area contributed by atoms with E-state index in [4.69, 9.17) is 11.6 Å². The summed E-state index contributed by atoms with van der Waals surface area (Å²) in [5, 5.41) is 2.04. The molecule has 0 N–H and O–H groups in total. The van der Waals surface area contributed by atoms with Crippen LogP contribution in [0.25, 0.3) is 0 Å².